The van der Waals surface area contributed by atoms with Crippen LogP contribution >= 0.6 is 11.6 Å². The molecule has 0 spiro atoms. The molecule has 0 amide bonds. The normalized spacial score (nSPS) is 13.3. The number of pyridine rings is 1. The Morgan fingerprint density at radius 1 is 1.67 bits per heavy atom. The Morgan fingerprint density at radius 2 is 2.50 bits per heavy atom. The summed E-state index contributed by atoms with van der Waals surface area (Å²) in [5, 5.41) is 9.13. The van der Waals surface area contributed by atoms with E-state index in [1.54, 1.807) is 0 Å². The Kier molecular flexibility index (Phi) is 1.63. The Labute approximate surface area is 74.5 Å². The first-order valence-corrected chi connectivity index (χ1v) is 3.91. The predicted octanol–water partition coefficient (Wildman–Crippen LogP) is 1.54. The van der Waals surface area contributed by atoms with Crippen molar-refractivity contribution in [1.82, 2.24) is 4.98 Å². The molecule has 0 saturated heterocycles. The van der Waals surface area contributed by atoms with Crippen LogP contribution < -0.4 is 4.74 Å². The van der Waals surface area contributed by atoms with Gasteiger partial charge in [0.1, 0.15) is 22.5 Å². The predicted molar refractivity (Wildman–Crippen MR) is 43.2 cm³/mol. The lowest BCUT2D eigenvalue weighted by Crippen LogP contribution is -1.89. The van der Waals surface area contributed by atoms with Gasteiger partial charge in [0, 0.05) is 12.0 Å². The summed E-state index contributed by atoms with van der Waals surface area (Å²) in [6.07, 6.45) is 2.18. The molecule has 1 aromatic rings. The van der Waals surface area contributed by atoms with Crippen molar-refractivity contribution >= 4 is 11.6 Å². The number of rotatable bonds is 0. The summed E-state index contributed by atoms with van der Waals surface area (Å²) in [6, 6.07) is 2.01. The number of aromatic nitrogens is 1. The van der Waals surface area contributed by atoms with E-state index in [-0.39, 0.29) is 0 Å². The van der Waals surface area contributed by atoms with Crippen molar-refractivity contribution in [2.24, 2.45) is 0 Å². The molecule has 0 unspecified atom stereocenters. The van der Waals surface area contributed by atoms with Gasteiger partial charge in [0.25, 0.3) is 0 Å². The number of nitriles is 1. The van der Waals surface area contributed by atoms with Crippen molar-refractivity contribution < 1.29 is 4.74 Å². The number of hydrogen-bond donors (Lipinski definition) is 0. The van der Waals surface area contributed by atoms with Crippen LogP contribution in [0.1, 0.15) is 11.1 Å². The van der Waals surface area contributed by atoms with Crippen molar-refractivity contribution in [1.29, 1.82) is 5.26 Å². The minimum atomic E-state index is 0.446. The van der Waals surface area contributed by atoms with Gasteiger partial charge < -0.3 is 4.74 Å². The van der Waals surface area contributed by atoms with Crippen LogP contribution in [-0.2, 0) is 6.42 Å². The third-order valence-corrected chi connectivity index (χ3v) is 2.12. The fraction of sp³-hybridized carbons (Fsp3) is 0.250. The fourth-order valence-corrected chi connectivity index (χ4v) is 1.46. The molecule has 0 aliphatic carbocycles. The minimum absolute atomic E-state index is 0.446. The first-order chi connectivity index (χ1) is 5.83. The summed E-state index contributed by atoms with van der Waals surface area (Å²) in [6.45, 7) is 0.593. The van der Waals surface area contributed by atoms with E-state index in [9.17, 15) is 0 Å². The molecule has 1 aromatic heterocycles. The highest BCUT2D eigenvalue weighted by Gasteiger charge is 2.20. The summed E-state index contributed by atoms with van der Waals surface area (Å²) in [5.41, 5.74) is 1.32. The van der Waals surface area contributed by atoms with Gasteiger partial charge in [0.05, 0.1) is 12.8 Å². The SMILES string of the molecule is N#Cc1cnc(Cl)c2c1OCC2. The third-order valence-electron chi connectivity index (χ3n) is 1.79. The highest BCUT2D eigenvalue weighted by atomic mass is 35.5. The number of halogens is 1. The third kappa shape index (κ3) is 0.926. The standard InChI is InChI=1S/C8H5ClN2O/c9-8-6-1-2-12-7(6)5(3-10)4-11-8/h4H,1-2H2. The molecular weight excluding hydrogens is 176 g/mol. The highest BCUT2D eigenvalue weighted by Crippen LogP contribution is 2.32. The Bertz CT molecular complexity index is 370. The smallest absolute Gasteiger partial charge is 0.145 e. The second-order valence-corrected chi connectivity index (χ2v) is 2.84. The van der Waals surface area contributed by atoms with Crippen LogP contribution in [0.25, 0.3) is 0 Å². The zero-order chi connectivity index (χ0) is 8.55. The summed E-state index contributed by atoms with van der Waals surface area (Å²) >= 11 is 5.80. The molecule has 4 heteroatoms. The largest absolute Gasteiger partial charge is 0.491 e. The molecule has 0 aromatic carbocycles. The van der Waals surface area contributed by atoms with Gasteiger partial charge in [-0.3, -0.25) is 0 Å². The first kappa shape index (κ1) is 7.38. The summed E-state index contributed by atoms with van der Waals surface area (Å²) in [5.74, 6) is 0.609. The van der Waals surface area contributed by atoms with Crippen molar-refractivity contribution in [3.8, 4) is 11.8 Å². The van der Waals surface area contributed by atoms with Gasteiger partial charge >= 0.3 is 0 Å². The van der Waals surface area contributed by atoms with E-state index in [2.05, 4.69) is 4.98 Å². The van der Waals surface area contributed by atoms with E-state index < -0.39 is 0 Å². The lowest BCUT2D eigenvalue weighted by Gasteiger charge is -2.00. The average Bonchev–Trinajstić information content (AvgIpc) is 2.54. The van der Waals surface area contributed by atoms with Gasteiger partial charge in [-0.1, -0.05) is 11.6 Å². The summed E-state index contributed by atoms with van der Waals surface area (Å²) in [7, 11) is 0. The second-order valence-electron chi connectivity index (χ2n) is 2.48. The topological polar surface area (TPSA) is 45.9 Å². The molecule has 2 rings (SSSR count). The van der Waals surface area contributed by atoms with Crippen LogP contribution in [0.15, 0.2) is 6.20 Å². The highest BCUT2D eigenvalue weighted by molar-refractivity contribution is 6.30. The number of fused-ring (bicyclic) bond motifs is 1. The summed E-state index contributed by atoms with van der Waals surface area (Å²) < 4.78 is 5.25. The number of hydrogen-bond acceptors (Lipinski definition) is 3. The Balaban J connectivity index is 2.66. The fourth-order valence-electron chi connectivity index (χ4n) is 1.23. The lowest BCUT2D eigenvalue weighted by molar-refractivity contribution is 0.356. The van der Waals surface area contributed by atoms with Crippen LogP contribution in [0, 0.1) is 11.3 Å². The number of nitrogens with zero attached hydrogens (tertiary/aromatic N) is 2. The van der Waals surface area contributed by atoms with E-state index in [0.29, 0.717) is 23.1 Å². The van der Waals surface area contributed by atoms with Crippen molar-refractivity contribution in [2.75, 3.05) is 6.61 Å². The molecule has 0 bridgehead atoms. The van der Waals surface area contributed by atoms with Crippen LogP contribution in [0.4, 0.5) is 0 Å². The van der Waals surface area contributed by atoms with E-state index in [4.69, 9.17) is 21.6 Å². The van der Waals surface area contributed by atoms with E-state index in [0.717, 1.165) is 12.0 Å². The molecule has 2 heterocycles. The van der Waals surface area contributed by atoms with Gasteiger partial charge in [0.2, 0.25) is 0 Å². The molecular formula is C8H5ClN2O. The molecule has 0 atom stereocenters. The molecule has 60 valence electrons. The lowest BCUT2D eigenvalue weighted by atomic mass is 10.2. The minimum Gasteiger partial charge on any atom is -0.491 e. The maximum atomic E-state index is 8.68. The van der Waals surface area contributed by atoms with Crippen LogP contribution in [-0.4, -0.2) is 11.6 Å². The second kappa shape index (κ2) is 2.65. The first-order valence-electron chi connectivity index (χ1n) is 3.53. The molecule has 0 fully saturated rings. The monoisotopic (exact) mass is 180 g/mol. The average molecular weight is 181 g/mol. The van der Waals surface area contributed by atoms with E-state index in [1.807, 2.05) is 6.07 Å². The molecule has 0 N–H and O–H groups in total. The van der Waals surface area contributed by atoms with Crippen molar-refractivity contribution in [3.05, 3.63) is 22.5 Å². The molecule has 0 saturated carbocycles. The Hall–Kier alpha value is -1.27. The van der Waals surface area contributed by atoms with Crippen LogP contribution in [0.3, 0.4) is 0 Å². The molecule has 1 aliphatic heterocycles. The maximum absolute atomic E-state index is 8.68. The van der Waals surface area contributed by atoms with E-state index >= 15 is 0 Å². The quantitative estimate of drug-likeness (QED) is 0.569. The van der Waals surface area contributed by atoms with E-state index in [1.165, 1.54) is 6.20 Å². The molecule has 3 nitrogen and oxygen atoms in total. The Morgan fingerprint density at radius 3 is 3.25 bits per heavy atom. The summed E-state index contributed by atoms with van der Waals surface area (Å²) in [4.78, 5) is 3.88. The van der Waals surface area contributed by atoms with Gasteiger partial charge in [-0.15, -0.1) is 0 Å². The van der Waals surface area contributed by atoms with Crippen LogP contribution in [0.2, 0.25) is 5.15 Å². The number of ether oxygens (including phenoxy) is 1. The van der Waals surface area contributed by atoms with Crippen molar-refractivity contribution in [3.63, 3.8) is 0 Å². The maximum Gasteiger partial charge on any atom is 0.145 e. The molecule has 0 radical (unpaired) electrons. The molecule has 12 heavy (non-hydrogen) atoms. The van der Waals surface area contributed by atoms with Crippen LogP contribution in [0.5, 0.6) is 5.75 Å². The molecule has 1 aliphatic rings. The zero-order valence-corrected chi connectivity index (χ0v) is 6.93. The van der Waals surface area contributed by atoms with Gasteiger partial charge in [-0.25, -0.2) is 4.98 Å². The van der Waals surface area contributed by atoms with Crippen molar-refractivity contribution in [2.45, 2.75) is 6.42 Å². The zero-order valence-electron chi connectivity index (χ0n) is 6.17. The van der Waals surface area contributed by atoms with Gasteiger partial charge in [0.15, 0.2) is 0 Å². The van der Waals surface area contributed by atoms with Gasteiger partial charge in [-0.05, 0) is 0 Å². The van der Waals surface area contributed by atoms with Gasteiger partial charge in [-0.2, -0.15) is 5.26 Å².